The summed E-state index contributed by atoms with van der Waals surface area (Å²) in [7, 11) is 0. The van der Waals surface area contributed by atoms with Gasteiger partial charge in [-0.15, -0.1) is 11.3 Å². The number of rotatable bonds is 3. The number of piperazine rings is 1. The minimum Gasteiger partial charge on any atom is -0.333 e. The molecule has 0 spiro atoms. The van der Waals surface area contributed by atoms with E-state index in [-0.39, 0.29) is 11.9 Å². The largest absolute Gasteiger partial charge is 0.333 e. The number of carbonyl (C=O) groups is 1. The number of fused-ring (bicyclic) bond motifs is 1. The van der Waals surface area contributed by atoms with Gasteiger partial charge in [-0.3, -0.25) is 9.78 Å². The van der Waals surface area contributed by atoms with Crippen LogP contribution in [-0.2, 0) is 0 Å². The minimum atomic E-state index is 0.0337. The quantitative estimate of drug-likeness (QED) is 0.568. The van der Waals surface area contributed by atoms with E-state index >= 15 is 0 Å². The van der Waals surface area contributed by atoms with Crippen molar-refractivity contribution in [3.8, 4) is 21.8 Å². The predicted octanol–water partition coefficient (Wildman–Crippen LogP) is 2.95. The molecule has 0 aromatic carbocycles. The average molecular weight is 404 g/mol. The second-order valence-corrected chi connectivity index (χ2v) is 8.05. The van der Waals surface area contributed by atoms with Crippen molar-refractivity contribution in [1.82, 2.24) is 29.8 Å². The van der Waals surface area contributed by atoms with E-state index in [2.05, 4.69) is 22.3 Å². The van der Waals surface area contributed by atoms with Gasteiger partial charge in [0.15, 0.2) is 5.65 Å². The number of nitrogens with one attached hydrogen (secondary N) is 1. The average Bonchev–Trinajstić information content (AvgIpc) is 3.43. The third kappa shape index (κ3) is 3.30. The molecule has 1 N–H and O–H groups in total. The standard InChI is InChI=1S/C21H20N6OS/c1-14-12-22-7-9-26(14)21(28)15-4-6-23-18(11-15)16-13-24-27-8-5-17(25-20(16)27)19-3-2-10-29-19/h2-6,8,10-11,13-14,22H,7,9,12H2,1H3. The van der Waals surface area contributed by atoms with E-state index < -0.39 is 0 Å². The number of aromatic nitrogens is 4. The van der Waals surface area contributed by atoms with E-state index in [1.165, 1.54) is 0 Å². The summed E-state index contributed by atoms with van der Waals surface area (Å²) in [6.07, 6.45) is 5.34. The van der Waals surface area contributed by atoms with Crippen LogP contribution in [0.5, 0.6) is 0 Å². The number of nitrogens with zero attached hydrogens (tertiary/aromatic N) is 5. The fourth-order valence-corrected chi connectivity index (χ4v) is 4.33. The first-order valence-electron chi connectivity index (χ1n) is 9.57. The van der Waals surface area contributed by atoms with Gasteiger partial charge in [0.1, 0.15) is 0 Å². The summed E-state index contributed by atoms with van der Waals surface area (Å²) in [6.45, 7) is 4.40. The number of hydrogen-bond acceptors (Lipinski definition) is 6. The summed E-state index contributed by atoms with van der Waals surface area (Å²) in [5, 5.41) is 9.76. The Morgan fingerprint density at radius 3 is 3.03 bits per heavy atom. The molecule has 5 rings (SSSR count). The van der Waals surface area contributed by atoms with Crippen molar-refractivity contribution in [2.45, 2.75) is 13.0 Å². The van der Waals surface area contributed by atoms with Crippen molar-refractivity contribution in [1.29, 1.82) is 0 Å². The van der Waals surface area contributed by atoms with Gasteiger partial charge >= 0.3 is 0 Å². The summed E-state index contributed by atoms with van der Waals surface area (Å²) < 4.78 is 1.74. The molecule has 1 aliphatic heterocycles. The number of carbonyl (C=O) groups excluding carboxylic acids is 1. The molecule has 4 aromatic rings. The molecule has 4 aromatic heterocycles. The van der Waals surface area contributed by atoms with Gasteiger partial charge in [-0.05, 0) is 36.6 Å². The van der Waals surface area contributed by atoms with Gasteiger partial charge in [-0.25, -0.2) is 9.50 Å². The first-order valence-corrected chi connectivity index (χ1v) is 10.4. The predicted molar refractivity (Wildman–Crippen MR) is 113 cm³/mol. The molecule has 29 heavy (non-hydrogen) atoms. The van der Waals surface area contributed by atoms with Gasteiger partial charge in [-0.2, -0.15) is 5.10 Å². The maximum Gasteiger partial charge on any atom is 0.254 e. The summed E-state index contributed by atoms with van der Waals surface area (Å²) in [5.74, 6) is 0.0337. The van der Waals surface area contributed by atoms with Crippen LogP contribution >= 0.6 is 11.3 Å². The molecule has 0 bridgehead atoms. The monoisotopic (exact) mass is 404 g/mol. The molecule has 146 valence electrons. The number of amides is 1. The maximum atomic E-state index is 13.0. The highest BCUT2D eigenvalue weighted by molar-refractivity contribution is 7.13. The highest BCUT2D eigenvalue weighted by Gasteiger charge is 2.24. The zero-order valence-electron chi connectivity index (χ0n) is 15.9. The lowest BCUT2D eigenvalue weighted by molar-refractivity contribution is 0.0655. The molecule has 1 amide bonds. The van der Waals surface area contributed by atoms with E-state index in [1.807, 2.05) is 40.7 Å². The topological polar surface area (TPSA) is 75.4 Å². The third-order valence-corrected chi connectivity index (χ3v) is 6.08. The highest BCUT2D eigenvalue weighted by Crippen LogP contribution is 2.27. The van der Waals surface area contributed by atoms with Crippen molar-refractivity contribution in [2.24, 2.45) is 0 Å². The van der Waals surface area contributed by atoms with Crippen LogP contribution in [0.4, 0.5) is 0 Å². The van der Waals surface area contributed by atoms with Gasteiger partial charge < -0.3 is 10.2 Å². The second-order valence-electron chi connectivity index (χ2n) is 7.10. The van der Waals surface area contributed by atoms with Gasteiger partial charge in [0.2, 0.25) is 0 Å². The SMILES string of the molecule is CC1CNCCN1C(=O)c1ccnc(-c2cnn3ccc(-c4cccs4)nc23)c1. The van der Waals surface area contributed by atoms with Gasteiger partial charge in [-0.1, -0.05) is 6.07 Å². The lowest BCUT2D eigenvalue weighted by Crippen LogP contribution is -2.52. The smallest absolute Gasteiger partial charge is 0.254 e. The molecule has 5 heterocycles. The number of thiophene rings is 1. The molecule has 0 saturated carbocycles. The number of pyridine rings is 1. The Morgan fingerprint density at radius 2 is 2.21 bits per heavy atom. The number of hydrogen-bond donors (Lipinski definition) is 1. The van der Waals surface area contributed by atoms with Gasteiger partial charge in [0.25, 0.3) is 5.91 Å². The Morgan fingerprint density at radius 1 is 1.28 bits per heavy atom. The minimum absolute atomic E-state index is 0.0337. The second kappa shape index (κ2) is 7.38. The molecule has 1 unspecified atom stereocenters. The van der Waals surface area contributed by atoms with Crippen molar-refractivity contribution >= 4 is 22.9 Å². The van der Waals surface area contributed by atoms with Crippen LogP contribution in [-0.4, -0.2) is 56.1 Å². The molecule has 8 heteroatoms. The third-order valence-electron chi connectivity index (χ3n) is 5.19. The normalized spacial score (nSPS) is 17.0. The molecular formula is C21H20N6OS. The Bertz CT molecular complexity index is 1170. The van der Waals surface area contributed by atoms with E-state index in [0.717, 1.165) is 34.9 Å². The summed E-state index contributed by atoms with van der Waals surface area (Å²) in [4.78, 5) is 25.4. The first kappa shape index (κ1) is 18.0. The lowest BCUT2D eigenvalue weighted by Gasteiger charge is -2.34. The summed E-state index contributed by atoms with van der Waals surface area (Å²) >= 11 is 1.65. The Labute approximate surface area is 172 Å². The van der Waals surface area contributed by atoms with E-state index in [1.54, 1.807) is 34.3 Å². The molecule has 0 aliphatic carbocycles. The van der Waals surface area contributed by atoms with Crippen LogP contribution in [0.1, 0.15) is 17.3 Å². The first-order chi connectivity index (χ1) is 14.2. The van der Waals surface area contributed by atoms with Crippen molar-refractivity contribution < 1.29 is 4.79 Å². The van der Waals surface area contributed by atoms with E-state index in [4.69, 9.17) is 4.98 Å². The fraction of sp³-hybridized carbons (Fsp3) is 0.238. The molecule has 1 fully saturated rings. The summed E-state index contributed by atoms with van der Waals surface area (Å²) in [6, 6.07) is 9.79. The van der Waals surface area contributed by atoms with E-state index in [0.29, 0.717) is 17.8 Å². The van der Waals surface area contributed by atoms with Crippen LogP contribution in [0, 0.1) is 0 Å². The van der Waals surface area contributed by atoms with Crippen LogP contribution in [0.15, 0.2) is 54.3 Å². The molecule has 1 saturated heterocycles. The lowest BCUT2D eigenvalue weighted by atomic mass is 10.1. The summed E-state index contributed by atoms with van der Waals surface area (Å²) in [5.41, 5.74) is 3.77. The Kier molecular flexibility index (Phi) is 4.57. The van der Waals surface area contributed by atoms with E-state index in [9.17, 15) is 4.79 Å². The van der Waals surface area contributed by atoms with Crippen LogP contribution in [0.25, 0.3) is 27.5 Å². The zero-order valence-corrected chi connectivity index (χ0v) is 16.8. The van der Waals surface area contributed by atoms with Crippen molar-refractivity contribution in [3.05, 3.63) is 59.9 Å². The van der Waals surface area contributed by atoms with Gasteiger partial charge in [0.05, 0.1) is 28.0 Å². The van der Waals surface area contributed by atoms with Gasteiger partial charge in [0, 0.05) is 43.6 Å². The molecular weight excluding hydrogens is 384 g/mol. The van der Waals surface area contributed by atoms with Crippen LogP contribution in [0.3, 0.4) is 0 Å². The highest BCUT2D eigenvalue weighted by atomic mass is 32.1. The molecule has 1 aliphatic rings. The van der Waals surface area contributed by atoms with Crippen molar-refractivity contribution in [2.75, 3.05) is 19.6 Å². The molecule has 1 atom stereocenters. The Hall–Kier alpha value is -3.10. The van der Waals surface area contributed by atoms with Crippen LogP contribution < -0.4 is 5.32 Å². The maximum absolute atomic E-state index is 13.0. The van der Waals surface area contributed by atoms with Crippen LogP contribution in [0.2, 0.25) is 0 Å². The van der Waals surface area contributed by atoms with Crippen molar-refractivity contribution in [3.63, 3.8) is 0 Å². The Balaban J connectivity index is 1.53. The zero-order chi connectivity index (χ0) is 19.8. The molecule has 0 radical (unpaired) electrons. The fourth-order valence-electron chi connectivity index (χ4n) is 3.63. The molecule has 7 nitrogen and oxygen atoms in total.